The number of aromatic hydroxyl groups is 1. The summed E-state index contributed by atoms with van der Waals surface area (Å²) in [6.07, 6.45) is 0.0256. The highest BCUT2D eigenvalue weighted by molar-refractivity contribution is 6.17. The molecule has 16 heavy (non-hydrogen) atoms. The van der Waals surface area contributed by atoms with Crippen molar-refractivity contribution in [3.05, 3.63) is 28.8 Å². The smallest absolute Gasteiger partial charge is 0.309 e. The van der Waals surface area contributed by atoms with Gasteiger partial charge in [-0.25, -0.2) is 0 Å². The lowest BCUT2D eigenvalue weighted by atomic mass is 10.0. The summed E-state index contributed by atoms with van der Waals surface area (Å²) in [5.41, 5.74) is 1.11. The van der Waals surface area contributed by atoms with E-state index in [9.17, 15) is 9.90 Å². The van der Waals surface area contributed by atoms with Gasteiger partial charge in [0.05, 0.1) is 25.0 Å². The van der Waals surface area contributed by atoms with E-state index in [-0.39, 0.29) is 23.6 Å². The van der Waals surface area contributed by atoms with Crippen LogP contribution in [-0.2, 0) is 21.8 Å². The Morgan fingerprint density at radius 3 is 2.81 bits per heavy atom. The van der Waals surface area contributed by atoms with E-state index in [4.69, 9.17) is 16.9 Å². The molecule has 5 heteroatoms. The normalized spacial score (nSPS) is 9.56. The second kappa shape index (κ2) is 5.38. The third-order valence-electron chi connectivity index (χ3n) is 2.20. The first kappa shape index (κ1) is 12.3. The summed E-state index contributed by atoms with van der Waals surface area (Å²) in [5.74, 6) is -0.553. The van der Waals surface area contributed by atoms with Crippen LogP contribution in [0.25, 0.3) is 0 Å². The third kappa shape index (κ3) is 2.44. The molecule has 1 aromatic rings. The van der Waals surface area contributed by atoms with Crippen LogP contribution >= 0.6 is 11.6 Å². The Morgan fingerprint density at radius 1 is 1.62 bits per heavy atom. The molecule has 0 aliphatic carbocycles. The third-order valence-corrected chi connectivity index (χ3v) is 2.46. The molecule has 0 unspecified atom stereocenters. The number of phenols is 1. The number of nitrogens with zero attached hydrogens (tertiary/aromatic N) is 1. The molecule has 0 saturated carbocycles. The van der Waals surface area contributed by atoms with E-state index in [2.05, 4.69) is 4.74 Å². The minimum Gasteiger partial charge on any atom is -0.506 e. The first-order chi connectivity index (χ1) is 7.63. The molecule has 0 amide bonds. The van der Waals surface area contributed by atoms with E-state index in [1.54, 1.807) is 6.07 Å². The molecule has 4 nitrogen and oxygen atoms in total. The fourth-order valence-electron chi connectivity index (χ4n) is 1.31. The maximum atomic E-state index is 11.1. The van der Waals surface area contributed by atoms with Gasteiger partial charge >= 0.3 is 5.97 Å². The number of rotatable bonds is 3. The van der Waals surface area contributed by atoms with Crippen LogP contribution in [0.3, 0.4) is 0 Å². The van der Waals surface area contributed by atoms with E-state index < -0.39 is 5.97 Å². The van der Waals surface area contributed by atoms with Gasteiger partial charge in [-0.05, 0) is 11.6 Å². The summed E-state index contributed by atoms with van der Waals surface area (Å²) in [7, 11) is 1.28. The molecule has 0 aliphatic rings. The number of hydrogen-bond donors (Lipinski definition) is 1. The number of hydrogen-bond acceptors (Lipinski definition) is 4. The zero-order valence-corrected chi connectivity index (χ0v) is 9.41. The molecule has 0 fully saturated rings. The van der Waals surface area contributed by atoms with Crippen molar-refractivity contribution in [2.45, 2.75) is 12.3 Å². The van der Waals surface area contributed by atoms with Crippen molar-refractivity contribution >= 4 is 17.6 Å². The van der Waals surface area contributed by atoms with E-state index in [0.717, 1.165) is 0 Å². The lowest BCUT2D eigenvalue weighted by molar-refractivity contribution is -0.139. The van der Waals surface area contributed by atoms with Crippen LogP contribution in [0, 0.1) is 11.3 Å². The predicted octanol–water partition coefficient (Wildman–Crippen LogP) is 1.72. The van der Waals surface area contributed by atoms with Crippen molar-refractivity contribution in [2.24, 2.45) is 0 Å². The number of nitriles is 1. The lowest BCUT2D eigenvalue weighted by Gasteiger charge is -2.09. The van der Waals surface area contributed by atoms with Gasteiger partial charge in [-0.15, -0.1) is 11.6 Å². The van der Waals surface area contributed by atoms with Gasteiger partial charge in [-0.1, -0.05) is 6.07 Å². The maximum Gasteiger partial charge on any atom is 0.309 e. The van der Waals surface area contributed by atoms with Crippen LogP contribution in [0.4, 0.5) is 0 Å². The Balaban J connectivity index is 3.17. The quantitative estimate of drug-likeness (QED) is 0.644. The topological polar surface area (TPSA) is 70.3 Å². The highest BCUT2D eigenvalue weighted by Crippen LogP contribution is 2.27. The van der Waals surface area contributed by atoms with Crippen molar-refractivity contribution < 1.29 is 14.6 Å². The van der Waals surface area contributed by atoms with Crippen molar-refractivity contribution in [2.75, 3.05) is 7.11 Å². The molecule has 84 valence electrons. The van der Waals surface area contributed by atoms with E-state index >= 15 is 0 Å². The number of methoxy groups -OCH3 is 1. The summed E-state index contributed by atoms with van der Waals surface area (Å²) in [6, 6.07) is 4.88. The number of halogens is 1. The molecule has 0 aliphatic heterocycles. The zero-order chi connectivity index (χ0) is 12.1. The Kier molecular flexibility index (Phi) is 4.15. The molecule has 0 spiro atoms. The average molecular weight is 240 g/mol. The van der Waals surface area contributed by atoms with Gasteiger partial charge in [0.1, 0.15) is 11.8 Å². The van der Waals surface area contributed by atoms with Crippen LogP contribution in [-0.4, -0.2) is 18.2 Å². The van der Waals surface area contributed by atoms with Gasteiger partial charge < -0.3 is 9.84 Å². The van der Waals surface area contributed by atoms with Gasteiger partial charge in [0.25, 0.3) is 0 Å². The summed E-state index contributed by atoms with van der Waals surface area (Å²) in [5, 5.41) is 18.4. The predicted molar refractivity (Wildman–Crippen MR) is 58.1 cm³/mol. The number of alkyl halides is 1. The summed E-state index contributed by atoms with van der Waals surface area (Å²) in [6.45, 7) is 0. The van der Waals surface area contributed by atoms with Gasteiger partial charge in [0.2, 0.25) is 0 Å². The molecule has 0 atom stereocenters. The molecule has 0 heterocycles. The first-order valence-corrected chi connectivity index (χ1v) is 5.04. The van der Waals surface area contributed by atoms with Crippen LogP contribution in [0.1, 0.15) is 16.7 Å². The highest BCUT2D eigenvalue weighted by Gasteiger charge is 2.14. The fraction of sp³-hybridized carbons (Fsp3) is 0.273. The van der Waals surface area contributed by atoms with E-state index in [1.165, 1.54) is 13.2 Å². The Labute approximate surface area is 98.0 Å². The standard InChI is InChI=1S/C11H10ClNO3/c1-16-10(14)4-7-2-3-8(6-13)11(15)9(7)5-12/h2-3,15H,4-5H2,1H3. The van der Waals surface area contributed by atoms with Crippen LogP contribution in [0.2, 0.25) is 0 Å². The summed E-state index contributed by atoms with van der Waals surface area (Å²) in [4.78, 5) is 11.1. The summed E-state index contributed by atoms with van der Waals surface area (Å²) < 4.78 is 4.52. The SMILES string of the molecule is COC(=O)Cc1ccc(C#N)c(O)c1CCl. The zero-order valence-electron chi connectivity index (χ0n) is 8.66. The molecule has 1 N–H and O–H groups in total. The van der Waals surface area contributed by atoms with E-state index in [0.29, 0.717) is 11.1 Å². The second-order valence-corrected chi connectivity index (χ2v) is 3.37. The second-order valence-electron chi connectivity index (χ2n) is 3.10. The first-order valence-electron chi connectivity index (χ1n) is 4.50. The van der Waals surface area contributed by atoms with Gasteiger partial charge in [0, 0.05) is 5.56 Å². The lowest BCUT2D eigenvalue weighted by Crippen LogP contribution is -2.07. The number of carbonyl (C=O) groups excluding carboxylic acids is 1. The molecule has 1 rings (SSSR count). The van der Waals surface area contributed by atoms with Gasteiger partial charge in [-0.3, -0.25) is 4.79 Å². The van der Waals surface area contributed by atoms with Crippen molar-refractivity contribution in [1.82, 2.24) is 0 Å². The van der Waals surface area contributed by atoms with Crippen molar-refractivity contribution in [3.8, 4) is 11.8 Å². The Morgan fingerprint density at radius 2 is 2.31 bits per heavy atom. The van der Waals surface area contributed by atoms with Crippen LogP contribution < -0.4 is 0 Å². The molecule has 0 bridgehead atoms. The summed E-state index contributed by atoms with van der Waals surface area (Å²) >= 11 is 5.67. The molecule has 0 aromatic heterocycles. The highest BCUT2D eigenvalue weighted by atomic mass is 35.5. The number of benzene rings is 1. The Hall–Kier alpha value is -1.73. The van der Waals surface area contributed by atoms with Crippen molar-refractivity contribution in [3.63, 3.8) is 0 Å². The molecule has 0 radical (unpaired) electrons. The van der Waals surface area contributed by atoms with Crippen LogP contribution in [0.5, 0.6) is 5.75 Å². The fourth-order valence-corrected chi connectivity index (χ4v) is 1.61. The molecule has 0 saturated heterocycles. The minimum atomic E-state index is -0.421. The Bertz CT molecular complexity index is 451. The number of esters is 1. The minimum absolute atomic E-state index is 0.0256. The van der Waals surface area contributed by atoms with Gasteiger partial charge in [0.15, 0.2) is 0 Å². The van der Waals surface area contributed by atoms with E-state index in [1.807, 2.05) is 6.07 Å². The number of carbonyl (C=O) groups is 1. The average Bonchev–Trinajstić information content (AvgIpc) is 2.29. The molecular formula is C11H10ClNO3. The van der Waals surface area contributed by atoms with Crippen LogP contribution in [0.15, 0.2) is 12.1 Å². The van der Waals surface area contributed by atoms with Crippen molar-refractivity contribution in [1.29, 1.82) is 5.26 Å². The molecule has 1 aromatic carbocycles. The number of phenolic OH excluding ortho intramolecular Hbond substituents is 1. The number of ether oxygens (including phenoxy) is 1. The largest absolute Gasteiger partial charge is 0.506 e. The maximum absolute atomic E-state index is 11.1. The molecular weight excluding hydrogens is 230 g/mol. The van der Waals surface area contributed by atoms with Gasteiger partial charge in [-0.2, -0.15) is 5.26 Å². The monoisotopic (exact) mass is 239 g/mol.